The zero-order chi connectivity index (χ0) is 20.6. The minimum Gasteiger partial charge on any atom is -0.473 e. The van der Waals surface area contributed by atoms with E-state index in [1.165, 1.54) is 18.3 Å². The molecule has 3 heterocycles. The van der Waals surface area contributed by atoms with Crippen molar-refractivity contribution in [3.05, 3.63) is 69.6 Å². The minimum atomic E-state index is -0.550. The molecule has 0 bridgehead atoms. The van der Waals surface area contributed by atoms with Gasteiger partial charge in [0.2, 0.25) is 5.88 Å². The van der Waals surface area contributed by atoms with E-state index in [-0.39, 0.29) is 29.5 Å². The normalized spacial score (nSPS) is 14.2. The van der Waals surface area contributed by atoms with Gasteiger partial charge in [0.15, 0.2) is 11.6 Å². The zero-order valence-electron chi connectivity index (χ0n) is 15.8. The standard InChI is InChI=1S/C20H18ClFN4O3/c1-20(2)11-26-17(25-20)8-18(24-19(26)27)28-10-12-3-5-15(14(22)7-12)29-13-4-6-16(21)23-9-13/h3-9,25H,10-11H2,1-2H3. The molecule has 1 aliphatic heterocycles. The van der Waals surface area contributed by atoms with Crippen LogP contribution in [0.1, 0.15) is 19.4 Å². The van der Waals surface area contributed by atoms with Crippen molar-refractivity contribution in [1.82, 2.24) is 14.5 Å². The van der Waals surface area contributed by atoms with Crippen LogP contribution in [-0.2, 0) is 13.2 Å². The van der Waals surface area contributed by atoms with Crippen LogP contribution in [0.2, 0.25) is 5.15 Å². The van der Waals surface area contributed by atoms with Gasteiger partial charge in [0, 0.05) is 6.07 Å². The van der Waals surface area contributed by atoms with Crippen molar-refractivity contribution in [1.29, 1.82) is 0 Å². The monoisotopic (exact) mass is 416 g/mol. The van der Waals surface area contributed by atoms with E-state index in [4.69, 9.17) is 21.1 Å². The van der Waals surface area contributed by atoms with E-state index in [2.05, 4.69) is 15.3 Å². The molecule has 4 rings (SSSR count). The van der Waals surface area contributed by atoms with Gasteiger partial charge in [-0.15, -0.1) is 0 Å². The summed E-state index contributed by atoms with van der Waals surface area (Å²) in [6.07, 6.45) is 1.41. The summed E-state index contributed by atoms with van der Waals surface area (Å²) in [5.74, 6) is 0.705. The largest absolute Gasteiger partial charge is 0.473 e. The molecule has 150 valence electrons. The topological polar surface area (TPSA) is 78.3 Å². The maximum absolute atomic E-state index is 14.4. The summed E-state index contributed by atoms with van der Waals surface area (Å²) >= 11 is 5.72. The van der Waals surface area contributed by atoms with E-state index >= 15 is 0 Å². The van der Waals surface area contributed by atoms with Gasteiger partial charge in [-0.2, -0.15) is 4.98 Å². The lowest BCUT2D eigenvalue weighted by Gasteiger charge is -2.16. The van der Waals surface area contributed by atoms with Gasteiger partial charge in [-0.05, 0) is 43.7 Å². The summed E-state index contributed by atoms with van der Waals surface area (Å²) in [7, 11) is 0. The molecule has 1 aliphatic rings. The van der Waals surface area contributed by atoms with E-state index in [0.717, 1.165) is 0 Å². The molecule has 0 spiro atoms. The smallest absolute Gasteiger partial charge is 0.352 e. The minimum absolute atomic E-state index is 0.0539. The van der Waals surface area contributed by atoms with Crippen molar-refractivity contribution in [3.63, 3.8) is 0 Å². The van der Waals surface area contributed by atoms with E-state index in [9.17, 15) is 9.18 Å². The molecule has 7 nitrogen and oxygen atoms in total. The number of ether oxygens (including phenoxy) is 2. The first-order valence-electron chi connectivity index (χ1n) is 8.90. The van der Waals surface area contributed by atoms with Crippen molar-refractivity contribution < 1.29 is 13.9 Å². The number of halogens is 2. The number of nitrogens with one attached hydrogen (secondary N) is 1. The molecule has 1 N–H and O–H groups in total. The molecule has 0 unspecified atom stereocenters. The van der Waals surface area contributed by atoms with Gasteiger partial charge in [0.1, 0.15) is 23.3 Å². The highest BCUT2D eigenvalue weighted by molar-refractivity contribution is 6.29. The number of rotatable bonds is 5. The number of aromatic nitrogens is 3. The second-order valence-electron chi connectivity index (χ2n) is 7.33. The Labute approximate surface area is 171 Å². The molecule has 0 amide bonds. The fraction of sp³-hybridized carbons (Fsp3) is 0.250. The van der Waals surface area contributed by atoms with Crippen LogP contribution in [0.3, 0.4) is 0 Å². The molecule has 0 saturated heterocycles. The third-order valence-corrected chi connectivity index (χ3v) is 4.54. The lowest BCUT2D eigenvalue weighted by atomic mass is 10.1. The summed E-state index contributed by atoms with van der Waals surface area (Å²) in [6, 6.07) is 9.29. The predicted octanol–water partition coefficient (Wildman–Crippen LogP) is 4.01. The van der Waals surface area contributed by atoms with Crippen LogP contribution in [-0.4, -0.2) is 20.1 Å². The molecule has 9 heteroatoms. The van der Waals surface area contributed by atoms with E-state index in [0.29, 0.717) is 28.8 Å². The van der Waals surface area contributed by atoms with Crippen LogP contribution >= 0.6 is 11.6 Å². The summed E-state index contributed by atoms with van der Waals surface area (Å²) in [4.78, 5) is 20.0. The molecule has 2 aromatic heterocycles. The second-order valence-corrected chi connectivity index (χ2v) is 7.72. The van der Waals surface area contributed by atoms with Crippen molar-refractivity contribution in [2.24, 2.45) is 0 Å². The summed E-state index contributed by atoms with van der Waals surface area (Å²) in [5.41, 5.74) is -0.0489. The number of fused-ring (bicyclic) bond motifs is 1. The molecule has 1 aromatic carbocycles. The van der Waals surface area contributed by atoms with Crippen molar-refractivity contribution in [2.45, 2.75) is 32.5 Å². The third kappa shape index (κ3) is 4.32. The molecular weight excluding hydrogens is 399 g/mol. The number of hydrogen-bond acceptors (Lipinski definition) is 6. The number of benzene rings is 1. The lowest BCUT2D eigenvalue weighted by Crippen LogP contribution is -2.30. The van der Waals surface area contributed by atoms with Gasteiger partial charge in [0.25, 0.3) is 0 Å². The number of pyridine rings is 1. The van der Waals surface area contributed by atoms with Crippen LogP contribution in [0.25, 0.3) is 0 Å². The summed E-state index contributed by atoms with van der Waals surface area (Å²) in [6.45, 7) is 4.57. The molecule has 0 fully saturated rings. The molecule has 0 aliphatic carbocycles. The maximum atomic E-state index is 14.4. The number of nitrogens with zero attached hydrogens (tertiary/aromatic N) is 3. The summed E-state index contributed by atoms with van der Waals surface area (Å²) < 4.78 is 27.0. The van der Waals surface area contributed by atoms with Crippen LogP contribution in [0, 0.1) is 5.82 Å². The van der Waals surface area contributed by atoms with Crippen molar-refractivity contribution in [3.8, 4) is 17.4 Å². The van der Waals surface area contributed by atoms with Crippen molar-refractivity contribution in [2.75, 3.05) is 5.32 Å². The molecule has 0 radical (unpaired) electrons. The van der Waals surface area contributed by atoms with Gasteiger partial charge in [-0.3, -0.25) is 4.57 Å². The molecule has 0 saturated carbocycles. The summed E-state index contributed by atoms with van der Waals surface area (Å²) in [5, 5.41) is 3.57. The first-order valence-corrected chi connectivity index (χ1v) is 9.28. The quantitative estimate of drug-likeness (QED) is 0.633. The Morgan fingerprint density at radius 1 is 1.28 bits per heavy atom. The van der Waals surface area contributed by atoms with Crippen LogP contribution in [0.5, 0.6) is 17.4 Å². The van der Waals surface area contributed by atoms with Gasteiger partial charge >= 0.3 is 5.69 Å². The Morgan fingerprint density at radius 2 is 2.10 bits per heavy atom. The Balaban J connectivity index is 1.44. The average Bonchev–Trinajstić information content (AvgIpc) is 2.98. The second kappa shape index (κ2) is 7.36. The van der Waals surface area contributed by atoms with Crippen LogP contribution < -0.4 is 20.5 Å². The zero-order valence-corrected chi connectivity index (χ0v) is 16.5. The number of anilines is 1. The SMILES string of the molecule is CC1(C)Cn2c(cc(OCc3ccc(Oc4ccc(Cl)nc4)c(F)c3)nc2=O)N1. The first kappa shape index (κ1) is 19.2. The van der Waals surface area contributed by atoms with Crippen LogP contribution in [0.4, 0.5) is 10.2 Å². The Kier molecular flexibility index (Phi) is 4.87. The molecule has 29 heavy (non-hydrogen) atoms. The average molecular weight is 417 g/mol. The Morgan fingerprint density at radius 3 is 2.83 bits per heavy atom. The predicted molar refractivity (Wildman–Crippen MR) is 106 cm³/mol. The third-order valence-electron chi connectivity index (χ3n) is 4.32. The van der Waals surface area contributed by atoms with E-state index < -0.39 is 5.82 Å². The van der Waals surface area contributed by atoms with Crippen LogP contribution in [0.15, 0.2) is 47.4 Å². The Bertz CT molecular complexity index is 1120. The molecule has 3 aromatic rings. The maximum Gasteiger partial charge on any atom is 0.352 e. The van der Waals surface area contributed by atoms with Gasteiger partial charge in [-0.1, -0.05) is 17.7 Å². The van der Waals surface area contributed by atoms with Crippen molar-refractivity contribution >= 4 is 17.4 Å². The molecule has 0 atom stereocenters. The van der Waals surface area contributed by atoms with Gasteiger partial charge in [-0.25, -0.2) is 14.2 Å². The fourth-order valence-electron chi connectivity index (χ4n) is 3.02. The van der Waals surface area contributed by atoms with E-state index in [1.54, 1.807) is 28.8 Å². The lowest BCUT2D eigenvalue weighted by molar-refractivity contribution is 0.290. The fourth-order valence-corrected chi connectivity index (χ4v) is 3.13. The molecular formula is C20H18ClFN4O3. The van der Waals surface area contributed by atoms with E-state index in [1.807, 2.05) is 13.8 Å². The highest BCUT2D eigenvalue weighted by atomic mass is 35.5. The highest BCUT2D eigenvalue weighted by Crippen LogP contribution is 2.27. The van der Waals surface area contributed by atoms with Gasteiger partial charge < -0.3 is 14.8 Å². The first-order chi connectivity index (χ1) is 13.8. The highest BCUT2D eigenvalue weighted by Gasteiger charge is 2.29. The Hall–Kier alpha value is -3.13. The van der Waals surface area contributed by atoms with Gasteiger partial charge in [0.05, 0.1) is 18.3 Å². The number of hydrogen-bond donors (Lipinski definition) is 1.